The van der Waals surface area contributed by atoms with Crippen molar-refractivity contribution in [2.75, 3.05) is 7.11 Å². The molecule has 0 heterocycles. The SMILES string of the molecule is CCC(Oc1ccc(C)c(C)c1)C(=O)NCc1ccc(OC)cc1. The molecule has 0 aliphatic carbocycles. The summed E-state index contributed by atoms with van der Waals surface area (Å²) >= 11 is 0. The van der Waals surface area contributed by atoms with Gasteiger partial charge in [-0.15, -0.1) is 0 Å². The average molecular weight is 327 g/mol. The fraction of sp³-hybridized carbons (Fsp3) is 0.350. The van der Waals surface area contributed by atoms with E-state index in [1.54, 1.807) is 7.11 Å². The van der Waals surface area contributed by atoms with Crippen molar-refractivity contribution in [1.82, 2.24) is 5.32 Å². The van der Waals surface area contributed by atoms with Gasteiger partial charge in [0.25, 0.3) is 5.91 Å². The Balaban J connectivity index is 1.93. The Labute approximate surface area is 143 Å². The van der Waals surface area contributed by atoms with Gasteiger partial charge in [-0.05, 0) is 61.2 Å². The lowest BCUT2D eigenvalue weighted by Crippen LogP contribution is -2.37. The highest BCUT2D eigenvalue weighted by atomic mass is 16.5. The van der Waals surface area contributed by atoms with Crippen LogP contribution in [0.5, 0.6) is 11.5 Å². The molecule has 0 aromatic heterocycles. The van der Waals surface area contributed by atoms with Gasteiger partial charge in [0, 0.05) is 6.54 Å². The number of amides is 1. The van der Waals surface area contributed by atoms with Crippen molar-refractivity contribution in [3.05, 3.63) is 59.2 Å². The Kier molecular flexibility index (Phi) is 6.24. The van der Waals surface area contributed by atoms with Crippen LogP contribution in [0.4, 0.5) is 0 Å². The van der Waals surface area contributed by atoms with Crippen LogP contribution in [0, 0.1) is 13.8 Å². The maximum atomic E-state index is 12.4. The van der Waals surface area contributed by atoms with Crippen LogP contribution >= 0.6 is 0 Å². The molecule has 0 spiro atoms. The zero-order chi connectivity index (χ0) is 17.5. The number of methoxy groups -OCH3 is 1. The lowest BCUT2D eigenvalue weighted by molar-refractivity contribution is -0.128. The second-order valence-corrected chi connectivity index (χ2v) is 5.83. The van der Waals surface area contributed by atoms with Gasteiger partial charge in [-0.2, -0.15) is 0 Å². The van der Waals surface area contributed by atoms with Gasteiger partial charge < -0.3 is 14.8 Å². The quantitative estimate of drug-likeness (QED) is 0.842. The number of carbonyl (C=O) groups is 1. The standard InChI is InChI=1S/C20H25NO3/c1-5-19(24-18-9-6-14(2)15(3)12-18)20(22)21-13-16-7-10-17(23-4)11-8-16/h6-12,19H,5,13H2,1-4H3,(H,21,22). The smallest absolute Gasteiger partial charge is 0.261 e. The number of ether oxygens (including phenoxy) is 2. The second kappa shape index (κ2) is 8.39. The maximum absolute atomic E-state index is 12.4. The van der Waals surface area contributed by atoms with Gasteiger partial charge in [0.1, 0.15) is 11.5 Å². The molecule has 2 aromatic carbocycles. The van der Waals surface area contributed by atoms with Crippen LogP contribution in [0.3, 0.4) is 0 Å². The van der Waals surface area contributed by atoms with Crippen LogP contribution in [-0.4, -0.2) is 19.1 Å². The first kappa shape index (κ1) is 17.9. The van der Waals surface area contributed by atoms with Gasteiger partial charge in [0.15, 0.2) is 6.10 Å². The van der Waals surface area contributed by atoms with Gasteiger partial charge in [0.05, 0.1) is 7.11 Å². The number of aryl methyl sites for hydroxylation is 2. The van der Waals surface area contributed by atoms with Gasteiger partial charge in [-0.1, -0.05) is 25.1 Å². The van der Waals surface area contributed by atoms with Crippen molar-refractivity contribution in [2.45, 2.75) is 39.8 Å². The predicted octanol–water partition coefficient (Wildman–Crippen LogP) is 3.79. The summed E-state index contributed by atoms with van der Waals surface area (Å²) in [4.78, 5) is 12.4. The molecule has 1 atom stereocenters. The number of hydrogen-bond acceptors (Lipinski definition) is 3. The Morgan fingerprint density at radius 3 is 2.29 bits per heavy atom. The number of benzene rings is 2. The molecule has 1 amide bonds. The molecule has 0 radical (unpaired) electrons. The highest BCUT2D eigenvalue weighted by Gasteiger charge is 2.18. The minimum absolute atomic E-state index is 0.105. The van der Waals surface area contributed by atoms with E-state index in [0.717, 1.165) is 22.6 Å². The first-order valence-electron chi connectivity index (χ1n) is 8.18. The van der Waals surface area contributed by atoms with Crippen molar-refractivity contribution >= 4 is 5.91 Å². The number of rotatable bonds is 7. The van der Waals surface area contributed by atoms with E-state index in [4.69, 9.17) is 9.47 Å². The van der Waals surface area contributed by atoms with Crippen LogP contribution in [0.15, 0.2) is 42.5 Å². The molecule has 2 aromatic rings. The number of nitrogens with one attached hydrogen (secondary N) is 1. The maximum Gasteiger partial charge on any atom is 0.261 e. The third-order valence-corrected chi connectivity index (χ3v) is 4.05. The van der Waals surface area contributed by atoms with Gasteiger partial charge in [0.2, 0.25) is 0 Å². The summed E-state index contributed by atoms with van der Waals surface area (Å²) in [7, 11) is 1.63. The molecule has 24 heavy (non-hydrogen) atoms. The fourth-order valence-electron chi connectivity index (χ4n) is 2.32. The Morgan fingerprint density at radius 1 is 1.04 bits per heavy atom. The molecule has 4 heteroatoms. The first-order valence-corrected chi connectivity index (χ1v) is 8.18. The van der Waals surface area contributed by atoms with Crippen molar-refractivity contribution in [3.63, 3.8) is 0 Å². The van der Waals surface area contributed by atoms with E-state index in [-0.39, 0.29) is 5.91 Å². The molecule has 4 nitrogen and oxygen atoms in total. The van der Waals surface area contributed by atoms with Crippen molar-refractivity contribution < 1.29 is 14.3 Å². The van der Waals surface area contributed by atoms with Gasteiger partial charge >= 0.3 is 0 Å². The van der Waals surface area contributed by atoms with Gasteiger partial charge in [-0.25, -0.2) is 0 Å². The molecule has 0 saturated heterocycles. The first-order chi connectivity index (χ1) is 11.5. The van der Waals surface area contributed by atoms with Crippen molar-refractivity contribution in [3.8, 4) is 11.5 Å². The number of carbonyl (C=O) groups excluding carboxylic acids is 1. The van der Waals surface area contributed by atoms with E-state index < -0.39 is 6.10 Å². The lowest BCUT2D eigenvalue weighted by atomic mass is 10.1. The molecule has 0 aliphatic heterocycles. The average Bonchev–Trinajstić information content (AvgIpc) is 2.61. The molecule has 128 valence electrons. The van der Waals surface area contributed by atoms with Crippen LogP contribution in [0.2, 0.25) is 0 Å². The number of hydrogen-bond donors (Lipinski definition) is 1. The van der Waals surface area contributed by atoms with Crippen LogP contribution in [0.25, 0.3) is 0 Å². The summed E-state index contributed by atoms with van der Waals surface area (Å²) in [6, 6.07) is 13.5. The van der Waals surface area contributed by atoms with Gasteiger partial charge in [-0.3, -0.25) is 4.79 Å². The summed E-state index contributed by atoms with van der Waals surface area (Å²) in [5.74, 6) is 1.42. The van der Waals surface area contributed by atoms with E-state index in [0.29, 0.717) is 13.0 Å². The normalized spacial score (nSPS) is 11.7. The van der Waals surface area contributed by atoms with Crippen molar-refractivity contribution in [1.29, 1.82) is 0 Å². The highest BCUT2D eigenvalue weighted by molar-refractivity contribution is 5.81. The van der Waals surface area contributed by atoms with Crippen molar-refractivity contribution in [2.24, 2.45) is 0 Å². The summed E-state index contributed by atoms with van der Waals surface area (Å²) in [5.41, 5.74) is 3.38. The minimum atomic E-state index is -0.495. The second-order valence-electron chi connectivity index (χ2n) is 5.83. The monoisotopic (exact) mass is 327 g/mol. The van der Waals surface area contributed by atoms with Crippen LogP contribution in [0.1, 0.15) is 30.0 Å². The molecule has 0 fully saturated rings. The molecule has 2 rings (SSSR count). The molecule has 1 N–H and O–H groups in total. The molecule has 1 unspecified atom stereocenters. The third-order valence-electron chi connectivity index (χ3n) is 4.05. The predicted molar refractivity (Wildman–Crippen MR) is 95.5 cm³/mol. The summed E-state index contributed by atoms with van der Waals surface area (Å²) in [6.45, 7) is 6.50. The highest BCUT2D eigenvalue weighted by Crippen LogP contribution is 2.18. The van der Waals surface area contributed by atoms with E-state index >= 15 is 0 Å². The Bertz CT molecular complexity index is 680. The summed E-state index contributed by atoms with van der Waals surface area (Å²) < 4.78 is 11.0. The Hall–Kier alpha value is -2.49. The van der Waals surface area contributed by atoms with E-state index in [2.05, 4.69) is 12.2 Å². The molecular formula is C20H25NO3. The van der Waals surface area contributed by atoms with E-state index in [1.807, 2.05) is 56.3 Å². The lowest BCUT2D eigenvalue weighted by Gasteiger charge is -2.18. The molecular weight excluding hydrogens is 302 g/mol. The minimum Gasteiger partial charge on any atom is -0.497 e. The Morgan fingerprint density at radius 2 is 1.71 bits per heavy atom. The van der Waals surface area contributed by atoms with E-state index in [1.165, 1.54) is 5.56 Å². The van der Waals surface area contributed by atoms with Crippen LogP contribution in [-0.2, 0) is 11.3 Å². The molecule has 0 aliphatic rings. The fourth-order valence-corrected chi connectivity index (χ4v) is 2.32. The largest absolute Gasteiger partial charge is 0.497 e. The zero-order valence-electron chi connectivity index (χ0n) is 14.8. The zero-order valence-corrected chi connectivity index (χ0v) is 14.8. The topological polar surface area (TPSA) is 47.6 Å². The summed E-state index contributed by atoms with van der Waals surface area (Å²) in [6.07, 6.45) is 0.117. The third kappa shape index (κ3) is 4.75. The van der Waals surface area contributed by atoms with Crippen LogP contribution < -0.4 is 14.8 Å². The molecule has 0 bridgehead atoms. The van der Waals surface area contributed by atoms with E-state index in [9.17, 15) is 4.79 Å². The molecule has 0 saturated carbocycles. The summed E-state index contributed by atoms with van der Waals surface area (Å²) in [5, 5.41) is 2.93.